The summed E-state index contributed by atoms with van der Waals surface area (Å²) < 4.78 is 0. The highest BCUT2D eigenvalue weighted by Gasteiger charge is 2.19. The molecule has 1 saturated heterocycles. The summed E-state index contributed by atoms with van der Waals surface area (Å²) in [6.45, 7) is 6.60. The number of piperazine rings is 1. The van der Waals surface area contributed by atoms with Crippen molar-refractivity contribution in [3.63, 3.8) is 0 Å². The van der Waals surface area contributed by atoms with E-state index in [2.05, 4.69) is 15.0 Å². The third kappa shape index (κ3) is 3.01. The van der Waals surface area contributed by atoms with Crippen LogP contribution in [-0.4, -0.2) is 53.4 Å². The molecule has 0 radical (unpaired) electrons. The fourth-order valence-electron chi connectivity index (χ4n) is 2.17. The standard InChI is InChI=1S/C13H18N4O2/c1-10-7-13(14-8-12(10)9-15-19)17-5-3-16(4-6-17)11(2)18/h7-9,19H,3-6H2,1-2H3/b15-9-. The van der Waals surface area contributed by atoms with Gasteiger partial charge >= 0.3 is 0 Å². The van der Waals surface area contributed by atoms with E-state index in [1.165, 1.54) is 6.21 Å². The van der Waals surface area contributed by atoms with Crippen molar-refractivity contribution in [1.82, 2.24) is 9.88 Å². The Hall–Kier alpha value is -2.11. The van der Waals surface area contributed by atoms with Crippen LogP contribution in [0.1, 0.15) is 18.1 Å². The minimum Gasteiger partial charge on any atom is -0.411 e. The third-order valence-corrected chi connectivity index (χ3v) is 3.38. The van der Waals surface area contributed by atoms with Crippen LogP contribution in [0.3, 0.4) is 0 Å². The number of amides is 1. The lowest BCUT2D eigenvalue weighted by molar-refractivity contribution is -0.129. The molecular formula is C13H18N4O2. The maximum Gasteiger partial charge on any atom is 0.219 e. The van der Waals surface area contributed by atoms with Gasteiger partial charge in [-0.1, -0.05) is 5.16 Å². The summed E-state index contributed by atoms with van der Waals surface area (Å²) in [5.41, 5.74) is 1.81. The molecule has 0 atom stereocenters. The quantitative estimate of drug-likeness (QED) is 0.488. The Balaban J connectivity index is 2.08. The summed E-state index contributed by atoms with van der Waals surface area (Å²) in [6, 6.07) is 1.97. The van der Waals surface area contributed by atoms with E-state index < -0.39 is 0 Å². The van der Waals surface area contributed by atoms with Gasteiger partial charge < -0.3 is 15.0 Å². The molecule has 6 heteroatoms. The second-order valence-electron chi connectivity index (χ2n) is 4.64. The number of carbonyl (C=O) groups excluding carboxylic acids is 1. The van der Waals surface area contributed by atoms with E-state index >= 15 is 0 Å². The predicted molar refractivity (Wildman–Crippen MR) is 72.8 cm³/mol. The first-order valence-electron chi connectivity index (χ1n) is 6.26. The summed E-state index contributed by atoms with van der Waals surface area (Å²) in [5.74, 6) is 1.02. The van der Waals surface area contributed by atoms with Crippen molar-refractivity contribution in [2.24, 2.45) is 5.16 Å². The van der Waals surface area contributed by atoms with E-state index in [9.17, 15) is 4.79 Å². The van der Waals surface area contributed by atoms with Crippen LogP contribution in [0.25, 0.3) is 0 Å². The lowest BCUT2D eigenvalue weighted by Crippen LogP contribution is -2.48. The van der Waals surface area contributed by atoms with Crippen LogP contribution in [0.15, 0.2) is 17.4 Å². The molecule has 1 fully saturated rings. The molecule has 0 unspecified atom stereocenters. The smallest absolute Gasteiger partial charge is 0.219 e. The normalized spacial score (nSPS) is 16.1. The molecule has 1 aliphatic heterocycles. The fraction of sp³-hybridized carbons (Fsp3) is 0.462. The zero-order valence-corrected chi connectivity index (χ0v) is 11.2. The molecule has 1 aromatic rings. The molecule has 0 bridgehead atoms. The molecule has 1 amide bonds. The van der Waals surface area contributed by atoms with Crippen LogP contribution >= 0.6 is 0 Å². The number of anilines is 1. The molecule has 0 aliphatic carbocycles. The van der Waals surface area contributed by atoms with Gasteiger partial charge in [-0.3, -0.25) is 4.79 Å². The minimum atomic E-state index is 0.123. The van der Waals surface area contributed by atoms with E-state index in [4.69, 9.17) is 5.21 Å². The minimum absolute atomic E-state index is 0.123. The van der Waals surface area contributed by atoms with Gasteiger partial charge in [0.1, 0.15) is 5.82 Å². The highest BCUT2D eigenvalue weighted by Crippen LogP contribution is 2.16. The molecule has 0 aromatic carbocycles. The zero-order valence-electron chi connectivity index (χ0n) is 11.2. The van der Waals surface area contributed by atoms with Crippen LogP contribution in [0.2, 0.25) is 0 Å². The monoisotopic (exact) mass is 262 g/mol. The molecule has 1 aliphatic rings. The van der Waals surface area contributed by atoms with E-state index in [-0.39, 0.29) is 5.91 Å². The van der Waals surface area contributed by atoms with Gasteiger partial charge in [-0.25, -0.2) is 4.98 Å². The second kappa shape index (κ2) is 5.69. The maximum atomic E-state index is 11.3. The van der Waals surface area contributed by atoms with Crippen molar-refractivity contribution in [2.75, 3.05) is 31.1 Å². The van der Waals surface area contributed by atoms with Gasteiger partial charge in [0.15, 0.2) is 0 Å². The van der Waals surface area contributed by atoms with Gasteiger partial charge in [0.25, 0.3) is 0 Å². The van der Waals surface area contributed by atoms with Crippen molar-refractivity contribution in [2.45, 2.75) is 13.8 Å². The molecule has 19 heavy (non-hydrogen) atoms. The molecule has 0 saturated carbocycles. The molecule has 102 valence electrons. The lowest BCUT2D eigenvalue weighted by Gasteiger charge is -2.35. The SMILES string of the molecule is CC(=O)N1CCN(c2cc(C)c(/C=N\O)cn2)CC1. The highest BCUT2D eigenvalue weighted by atomic mass is 16.4. The topological polar surface area (TPSA) is 69.0 Å². The second-order valence-corrected chi connectivity index (χ2v) is 4.64. The first-order chi connectivity index (χ1) is 9.11. The van der Waals surface area contributed by atoms with Crippen LogP contribution in [0.4, 0.5) is 5.82 Å². The van der Waals surface area contributed by atoms with Gasteiger partial charge in [-0.15, -0.1) is 0 Å². The van der Waals surface area contributed by atoms with Crippen molar-refractivity contribution in [3.8, 4) is 0 Å². The molecule has 6 nitrogen and oxygen atoms in total. The number of pyridine rings is 1. The maximum absolute atomic E-state index is 11.3. The Morgan fingerprint density at radius 3 is 2.63 bits per heavy atom. The summed E-state index contributed by atoms with van der Waals surface area (Å²) >= 11 is 0. The number of oxime groups is 1. The lowest BCUT2D eigenvalue weighted by atomic mass is 10.1. The van der Waals surface area contributed by atoms with Crippen molar-refractivity contribution in [3.05, 3.63) is 23.4 Å². The first kappa shape index (κ1) is 13.3. The number of hydrogen-bond acceptors (Lipinski definition) is 5. The predicted octanol–water partition coefficient (Wildman–Crippen LogP) is 0.867. The Morgan fingerprint density at radius 1 is 1.42 bits per heavy atom. The van der Waals surface area contributed by atoms with Crippen LogP contribution in [0.5, 0.6) is 0 Å². The Bertz CT molecular complexity index is 493. The zero-order chi connectivity index (χ0) is 13.8. The Labute approximate surface area is 112 Å². The molecule has 1 aromatic heterocycles. The van der Waals surface area contributed by atoms with Gasteiger partial charge in [0.05, 0.1) is 6.21 Å². The van der Waals surface area contributed by atoms with Gasteiger partial charge in [0, 0.05) is 44.9 Å². The van der Waals surface area contributed by atoms with Crippen molar-refractivity contribution in [1.29, 1.82) is 0 Å². The largest absolute Gasteiger partial charge is 0.411 e. The number of aromatic nitrogens is 1. The number of carbonyl (C=O) groups is 1. The molecule has 2 heterocycles. The number of aryl methyl sites for hydroxylation is 1. The molecule has 0 spiro atoms. The van der Waals surface area contributed by atoms with Crippen LogP contribution in [0, 0.1) is 6.92 Å². The number of hydrogen-bond donors (Lipinski definition) is 1. The Morgan fingerprint density at radius 2 is 2.11 bits per heavy atom. The van der Waals surface area contributed by atoms with E-state index in [1.54, 1.807) is 13.1 Å². The van der Waals surface area contributed by atoms with Crippen LogP contribution in [-0.2, 0) is 4.79 Å². The highest BCUT2D eigenvalue weighted by molar-refractivity contribution is 5.81. The first-order valence-corrected chi connectivity index (χ1v) is 6.26. The summed E-state index contributed by atoms with van der Waals surface area (Å²) in [4.78, 5) is 19.6. The van der Waals surface area contributed by atoms with E-state index in [0.717, 1.165) is 43.1 Å². The summed E-state index contributed by atoms with van der Waals surface area (Å²) in [6.07, 6.45) is 3.07. The number of rotatable bonds is 2. The average Bonchev–Trinajstić information content (AvgIpc) is 2.41. The fourth-order valence-corrected chi connectivity index (χ4v) is 2.17. The molecule has 2 rings (SSSR count). The van der Waals surface area contributed by atoms with Crippen molar-refractivity contribution < 1.29 is 10.0 Å². The van der Waals surface area contributed by atoms with Gasteiger partial charge in [-0.2, -0.15) is 0 Å². The third-order valence-electron chi connectivity index (χ3n) is 3.38. The molecule has 1 N–H and O–H groups in total. The van der Waals surface area contributed by atoms with Gasteiger partial charge in [0.2, 0.25) is 5.91 Å². The summed E-state index contributed by atoms with van der Waals surface area (Å²) in [5, 5.41) is 11.6. The summed E-state index contributed by atoms with van der Waals surface area (Å²) in [7, 11) is 0. The molecular weight excluding hydrogens is 244 g/mol. The number of nitrogens with zero attached hydrogens (tertiary/aromatic N) is 4. The van der Waals surface area contributed by atoms with Crippen LogP contribution < -0.4 is 4.90 Å². The van der Waals surface area contributed by atoms with Crippen molar-refractivity contribution >= 4 is 17.9 Å². The average molecular weight is 262 g/mol. The van der Waals surface area contributed by atoms with E-state index in [1.807, 2.05) is 17.9 Å². The van der Waals surface area contributed by atoms with E-state index in [0.29, 0.717) is 0 Å². The van der Waals surface area contributed by atoms with Gasteiger partial charge in [-0.05, 0) is 18.6 Å². The Kier molecular flexibility index (Phi) is 3.99.